The van der Waals surface area contributed by atoms with Crippen molar-refractivity contribution < 1.29 is 13.9 Å². The predicted octanol–water partition coefficient (Wildman–Crippen LogP) is 4.01. The van der Waals surface area contributed by atoms with Crippen molar-refractivity contribution in [3.8, 4) is 5.88 Å². The fraction of sp³-hybridized carbons (Fsp3) is 0.481. The number of methoxy groups -OCH3 is 1. The summed E-state index contributed by atoms with van der Waals surface area (Å²) in [5.41, 5.74) is 3.01. The molecule has 2 heterocycles. The van der Waals surface area contributed by atoms with Gasteiger partial charge in [0.25, 0.3) is 0 Å². The fourth-order valence-electron chi connectivity index (χ4n) is 4.81. The molecule has 192 valence electrons. The quantitative estimate of drug-likeness (QED) is 0.408. The number of allylic oxidation sites excluding steroid dienone is 1. The molecular formula is C27H35FN6O2. The Morgan fingerprint density at radius 2 is 1.92 bits per heavy atom. The number of anilines is 1. The van der Waals surface area contributed by atoms with E-state index in [4.69, 9.17) is 9.84 Å². The van der Waals surface area contributed by atoms with Crippen molar-refractivity contribution >= 4 is 17.4 Å². The van der Waals surface area contributed by atoms with Gasteiger partial charge in [0.15, 0.2) is 0 Å². The van der Waals surface area contributed by atoms with Gasteiger partial charge in [0.1, 0.15) is 24.5 Å². The largest absolute Gasteiger partial charge is 0.481 e. The lowest BCUT2D eigenvalue weighted by Gasteiger charge is -2.36. The Balaban J connectivity index is 1.45. The van der Waals surface area contributed by atoms with Gasteiger partial charge in [-0.25, -0.2) is 14.4 Å². The molecule has 8 nitrogen and oxygen atoms in total. The topological polar surface area (TPSA) is 74.2 Å². The van der Waals surface area contributed by atoms with Crippen LogP contribution in [0.15, 0.2) is 48.0 Å². The van der Waals surface area contributed by atoms with E-state index in [0.29, 0.717) is 43.5 Å². The highest BCUT2D eigenvalue weighted by Crippen LogP contribution is 2.32. The number of amides is 1. The number of hydrazone groups is 1. The highest BCUT2D eigenvalue weighted by molar-refractivity contribution is 5.98. The average Bonchev–Trinajstić information content (AvgIpc) is 3.44. The number of rotatable bonds is 8. The van der Waals surface area contributed by atoms with Crippen LogP contribution in [0.2, 0.25) is 0 Å². The van der Waals surface area contributed by atoms with Gasteiger partial charge < -0.3 is 14.5 Å². The average molecular weight is 495 g/mol. The Bertz CT molecular complexity index is 1120. The van der Waals surface area contributed by atoms with E-state index in [2.05, 4.69) is 21.4 Å². The Morgan fingerprint density at radius 1 is 1.19 bits per heavy atom. The number of halogens is 1. The Labute approximate surface area is 212 Å². The molecule has 4 rings (SSSR count). The van der Waals surface area contributed by atoms with E-state index in [0.717, 1.165) is 35.6 Å². The summed E-state index contributed by atoms with van der Waals surface area (Å²) < 4.78 is 19.0. The van der Waals surface area contributed by atoms with Crippen LogP contribution in [0.1, 0.15) is 43.7 Å². The molecule has 1 saturated carbocycles. The number of carbonyl (C=O) groups excluding carboxylic acids is 1. The summed E-state index contributed by atoms with van der Waals surface area (Å²) in [5.74, 6) is 1.41. The van der Waals surface area contributed by atoms with Gasteiger partial charge in [0.05, 0.1) is 12.8 Å². The summed E-state index contributed by atoms with van der Waals surface area (Å²) in [4.78, 5) is 25.8. The molecule has 0 radical (unpaired) electrons. The van der Waals surface area contributed by atoms with Crippen LogP contribution in [0.25, 0.3) is 0 Å². The molecule has 1 aromatic heterocycles. The zero-order valence-electron chi connectivity index (χ0n) is 21.4. The lowest BCUT2D eigenvalue weighted by Crippen LogP contribution is -2.51. The Hall–Kier alpha value is -3.49. The number of nitrogens with zero attached hydrogens (tertiary/aromatic N) is 6. The Morgan fingerprint density at radius 3 is 2.58 bits per heavy atom. The van der Waals surface area contributed by atoms with E-state index in [1.54, 1.807) is 37.2 Å². The lowest BCUT2D eigenvalue weighted by atomic mass is 10.0. The number of aromatic nitrogens is 2. The van der Waals surface area contributed by atoms with Crippen LogP contribution in [0.3, 0.4) is 0 Å². The molecule has 1 aliphatic carbocycles. The second-order valence-corrected chi connectivity index (χ2v) is 9.47. The van der Waals surface area contributed by atoms with E-state index in [1.807, 2.05) is 11.8 Å². The van der Waals surface area contributed by atoms with Crippen LogP contribution >= 0.6 is 0 Å². The zero-order valence-corrected chi connectivity index (χ0v) is 21.4. The van der Waals surface area contributed by atoms with Gasteiger partial charge in [-0.05, 0) is 49.9 Å². The molecule has 0 N–H and O–H groups in total. The third-order valence-corrected chi connectivity index (χ3v) is 7.08. The zero-order chi connectivity index (χ0) is 25.7. The molecule has 0 unspecified atom stereocenters. The van der Waals surface area contributed by atoms with Gasteiger partial charge in [-0.1, -0.05) is 25.5 Å². The molecule has 1 aliphatic heterocycles. The van der Waals surface area contributed by atoms with E-state index in [1.165, 1.54) is 25.2 Å². The summed E-state index contributed by atoms with van der Waals surface area (Å²) in [7, 11) is 1.58. The van der Waals surface area contributed by atoms with Crippen LogP contribution in [-0.2, 0) is 4.79 Å². The first-order chi connectivity index (χ1) is 17.4. The van der Waals surface area contributed by atoms with Gasteiger partial charge in [-0.15, -0.1) is 0 Å². The maximum absolute atomic E-state index is 13.8. The molecule has 36 heavy (non-hydrogen) atoms. The first-order valence-electron chi connectivity index (χ1n) is 12.5. The lowest BCUT2D eigenvalue weighted by molar-refractivity contribution is -0.132. The van der Waals surface area contributed by atoms with E-state index in [-0.39, 0.29) is 18.3 Å². The first-order valence-corrected chi connectivity index (χ1v) is 12.5. The first kappa shape index (κ1) is 25.6. The maximum Gasteiger partial charge on any atom is 0.244 e. The SMILES string of the molecule is C=C(C1CCCC1)N(CC(=O)N1CCN(c2cc(OC)ncn2)CC1)/N=C(\C)c1ccc(F)c(C)c1. The second-order valence-electron chi connectivity index (χ2n) is 9.47. The molecule has 2 fully saturated rings. The third kappa shape index (κ3) is 6.01. The number of aryl methyl sites for hydroxylation is 1. The Kier molecular flexibility index (Phi) is 8.18. The molecule has 1 amide bonds. The van der Waals surface area contributed by atoms with Gasteiger partial charge in [-0.2, -0.15) is 5.10 Å². The number of piperazine rings is 1. The second kappa shape index (κ2) is 11.5. The molecule has 9 heteroatoms. The number of hydrogen-bond donors (Lipinski definition) is 0. The molecular weight excluding hydrogens is 459 g/mol. The van der Waals surface area contributed by atoms with Gasteiger partial charge in [-0.3, -0.25) is 9.80 Å². The normalized spacial score (nSPS) is 16.8. The van der Waals surface area contributed by atoms with Crippen molar-refractivity contribution in [1.29, 1.82) is 0 Å². The summed E-state index contributed by atoms with van der Waals surface area (Å²) in [6.45, 7) is 10.6. The summed E-state index contributed by atoms with van der Waals surface area (Å²) >= 11 is 0. The number of ether oxygens (including phenoxy) is 1. The number of benzene rings is 1. The molecule has 1 aromatic carbocycles. The van der Waals surface area contributed by atoms with Crippen LogP contribution < -0.4 is 9.64 Å². The number of hydrogen-bond acceptors (Lipinski definition) is 7. The molecule has 0 bridgehead atoms. The summed E-state index contributed by atoms with van der Waals surface area (Å²) in [6, 6.07) is 6.77. The van der Waals surface area contributed by atoms with Crippen molar-refractivity contribution in [3.05, 3.63) is 59.8 Å². The van der Waals surface area contributed by atoms with Crippen LogP contribution in [0.4, 0.5) is 10.2 Å². The van der Waals surface area contributed by atoms with Crippen molar-refractivity contribution in [2.24, 2.45) is 11.0 Å². The van der Waals surface area contributed by atoms with Crippen molar-refractivity contribution in [2.45, 2.75) is 39.5 Å². The standard InChI is InChI=1S/C27H35FN6O2/c1-19-15-23(9-10-24(19)28)20(2)31-34(21(3)22-7-5-6-8-22)17-27(35)33-13-11-32(12-14-33)25-16-26(36-4)30-18-29-25/h9-10,15-16,18,22H,3,5-8,11-14,17H2,1-2,4H3/b31-20+. The minimum Gasteiger partial charge on any atom is -0.481 e. The minimum atomic E-state index is -0.242. The fourth-order valence-corrected chi connectivity index (χ4v) is 4.81. The maximum atomic E-state index is 13.8. The molecule has 1 saturated heterocycles. The number of carbonyl (C=O) groups is 1. The predicted molar refractivity (Wildman–Crippen MR) is 139 cm³/mol. The summed E-state index contributed by atoms with van der Waals surface area (Å²) in [6.07, 6.45) is 5.95. The van der Waals surface area contributed by atoms with Gasteiger partial charge >= 0.3 is 0 Å². The van der Waals surface area contributed by atoms with E-state index in [9.17, 15) is 9.18 Å². The third-order valence-electron chi connectivity index (χ3n) is 7.08. The smallest absolute Gasteiger partial charge is 0.244 e. The van der Waals surface area contributed by atoms with E-state index >= 15 is 0 Å². The highest BCUT2D eigenvalue weighted by atomic mass is 19.1. The molecule has 2 aliphatic rings. The minimum absolute atomic E-state index is 0.0147. The summed E-state index contributed by atoms with van der Waals surface area (Å²) in [5, 5.41) is 6.59. The van der Waals surface area contributed by atoms with Crippen molar-refractivity contribution in [1.82, 2.24) is 19.9 Å². The van der Waals surface area contributed by atoms with Gasteiger partial charge in [0.2, 0.25) is 11.8 Å². The van der Waals surface area contributed by atoms with Crippen LogP contribution in [-0.4, -0.2) is 71.3 Å². The highest BCUT2D eigenvalue weighted by Gasteiger charge is 2.27. The van der Waals surface area contributed by atoms with E-state index < -0.39 is 0 Å². The van der Waals surface area contributed by atoms with Crippen molar-refractivity contribution in [2.75, 3.05) is 44.7 Å². The molecule has 0 spiro atoms. The van der Waals surface area contributed by atoms with Crippen LogP contribution in [0.5, 0.6) is 5.88 Å². The van der Waals surface area contributed by atoms with Crippen molar-refractivity contribution in [3.63, 3.8) is 0 Å². The monoisotopic (exact) mass is 494 g/mol. The molecule has 2 aromatic rings. The molecule has 0 atom stereocenters. The van der Waals surface area contributed by atoms with Gasteiger partial charge in [0, 0.05) is 43.9 Å². The van der Waals surface area contributed by atoms with Crippen LogP contribution in [0, 0.1) is 18.7 Å².